The quantitative estimate of drug-likeness (QED) is 0.864. The molecule has 0 atom stereocenters. The van der Waals surface area contributed by atoms with Crippen LogP contribution in [0.3, 0.4) is 0 Å². The first-order valence-electron chi connectivity index (χ1n) is 5.17. The molecule has 16 heavy (non-hydrogen) atoms. The summed E-state index contributed by atoms with van der Waals surface area (Å²) in [6.07, 6.45) is 2.09. The lowest BCUT2D eigenvalue weighted by molar-refractivity contribution is -0.147. The van der Waals surface area contributed by atoms with Gasteiger partial charge in [0.25, 0.3) is 0 Å². The van der Waals surface area contributed by atoms with Crippen LogP contribution in [0.15, 0.2) is 12.1 Å². The van der Waals surface area contributed by atoms with Crippen molar-refractivity contribution < 1.29 is 14.3 Å². The van der Waals surface area contributed by atoms with E-state index in [0.717, 1.165) is 6.42 Å². The number of rotatable bonds is 2. The largest absolute Gasteiger partial charge is 0.481 e. The van der Waals surface area contributed by atoms with Gasteiger partial charge in [0.2, 0.25) is 0 Å². The van der Waals surface area contributed by atoms with E-state index in [-0.39, 0.29) is 5.02 Å². The van der Waals surface area contributed by atoms with Gasteiger partial charge in [0.05, 0.1) is 10.4 Å². The third-order valence-electron chi connectivity index (χ3n) is 3.38. The molecule has 0 heterocycles. The van der Waals surface area contributed by atoms with Crippen molar-refractivity contribution in [2.75, 3.05) is 0 Å². The van der Waals surface area contributed by atoms with Crippen molar-refractivity contribution in [3.63, 3.8) is 0 Å². The molecule has 2 rings (SSSR count). The average Bonchev–Trinajstić information content (AvgIpc) is 2.11. The summed E-state index contributed by atoms with van der Waals surface area (Å²) in [7, 11) is 0. The molecule has 0 saturated heterocycles. The van der Waals surface area contributed by atoms with Crippen LogP contribution in [0, 0.1) is 12.7 Å². The molecule has 0 unspecified atom stereocenters. The maximum Gasteiger partial charge on any atom is 0.314 e. The summed E-state index contributed by atoms with van der Waals surface area (Å²) in [6, 6.07) is 3.03. The normalized spacial score (nSPS) is 17.9. The van der Waals surface area contributed by atoms with E-state index in [1.165, 1.54) is 6.07 Å². The molecule has 0 aromatic heterocycles. The van der Waals surface area contributed by atoms with Gasteiger partial charge in [-0.15, -0.1) is 0 Å². The number of halogens is 2. The van der Waals surface area contributed by atoms with Crippen LogP contribution in [0.25, 0.3) is 0 Å². The molecule has 0 spiro atoms. The zero-order valence-corrected chi connectivity index (χ0v) is 9.64. The summed E-state index contributed by atoms with van der Waals surface area (Å²) in [4.78, 5) is 11.3. The topological polar surface area (TPSA) is 37.3 Å². The van der Waals surface area contributed by atoms with Gasteiger partial charge < -0.3 is 5.11 Å². The second-order valence-electron chi connectivity index (χ2n) is 4.33. The minimum Gasteiger partial charge on any atom is -0.481 e. The highest BCUT2D eigenvalue weighted by atomic mass is 35.5. The lowest BCUT2D eigenvalue weighted by Gasteiger charge is -2.38. The van der Waals surface area contributed by atoms with Crippen LogP contribution in [0.4, 0.5) is 4.39 Å². The van der Waals surface area contributed by atoms with Crippen LogP contribution in [0.1, 0.15) is 30.4 Å². The van der Waals surface area contributed by atoms with E-state index in [0.29, 0.717) is 24.0 Å². The van der Waals surface area contributed by atoms with Crippen molar-refractivity contribution in [3.8, 4) is 0 Å². The van der Waals surface area contributed by atoms with E-state index >= 15 is 0 Å². The highest BCUT2D eigenvalue weighted by Gasteiger charge is 2.46. The Bertz CT molecular complexity index is 429. The van der Waals surface area contributed by atoms with Crippen molar-refractivity contribution in [3.05, 3.63) is 34.1 Å². The van der Waals surface area contributed by atoms with Gasteiger partial charge in [0.1, 0.15) is 5.82 Å². The van der Waals surface area contributed by atoms with Crippen molar-refractivity contribution >= 4 is 17.6 Å². The molecule has 0 bridgehead atoms. The lowest BCUT2D eigenvalue weighted by atomic mass is 9.64. The molecule has 2 nitrogen and oxygen atoms in total. The standard InChI is InChI=1S/C12H12ClFO2/c1-7-5-8(6-9(13)10(7)14)12(11(15)16)3-2-4-12/h5-6H,2-4H2,1H3,(H,15,16). The Labute approximate surface area is 98.0 Å². The maximum absolute atomic E-state index is 13.3. The van der Waals surface area contributed by atoms with E-state index in [4.69, 9.17) is 11.6 Å². The molecule has 0 radical (unpaired) electrons. The summed E-state index contributed by atoms with van der Waals surface area (Å²) < 4.78 is 13.3. The number of carbonyl (C=O) groups is 1. The molecule has 1 fully saturated rings. The van der Waals surface area contributed by atoms with Gasteiger partial charge >= 0.3 is 5.97 Å². The second kappa shape index (κ2) is 3.74. The zero-order chi connectivity index (χ0) is 11.9. The third kappa shape index (κ3) is 1.50. The van der Waals surface area contributed by atoms with Gasteiger partial charge in [0.15, 0.2) is 0 Å². The number of hydrogen-bond acceptors (Lipinski definition) is 1. The molecule has 1 aliphatic carbocycles. The summed E-state index contributed by atoms with van der Waals surface area (Å²) in [5, 5.41) is 9.25. The first-order valence-corrected chi connectivity index (χ1v) is 5.55. The van der Waals surface area contributed by atoms with Crippen molar-refractivity contribution in [2.45, 2.75) is 31.6 Å². The monoisotopic (exact) mass is 242 g/mol. The number of aliphatic carboxylic acids is 1. The molecule has 1 N–H and O–H groups in total. The highest BCUT2D eigenvalue weighted by Crippen LogP contribution is 2.45. The Hall–Kier alpha value is -1.09. The fourth-order valence-corrected chi connectivity index (χ4v) is 2.43. The smallest absolute Gasteiger partial charge is 0.314 e. The van der Waals surface area contributed by atoms with Crippen LogP contribution in [0.5, 0.6) is 0 Å². The van der Waals surface area contributed by atoms with Gasteiger partial charge in [-0.3, -0.25) is 4.79 Å². The predicted molar refractivity (Wildman–Crippen MR) is 59.3 cm³/mol. The van der Waals surface area contributed by atoms with Gasteiger partial charge in [0, 0.05) is 0 Å². The van der Waals surface area contributed by atoms with E-state index in [9.17, 15) is 14.3 Å². The Morgan fingerprint density at radius 2 is 2.12 bits per heavy atom. The molecule has 1 aliphatic rings. The maximum atomic E-state index is 13.3. The predicted octanol–water partition coefficient (Wildman–Crippen LogP) is 3.29. The molecule has 86 valence electrons. The minimum atomic E-state index is -0.846. The Kier molecular flexibility index (Phi) is 2.66. The molecule has 0 amide bonds. The van der Waals surface area contributed by atoms with Crippen LogP contribution in [-0.4, -0.2) is 11.1 Å². The van der Waals surface area contributed by atoms with Gasteiger partial charge in [-0.05, 0) is 37.0 Å². The first kappa shape index (κ1) is 11.4. The second-order valence-corrected chi connectivity index (χ2v) is 4.74. The summed E-state index contributed by atoms with van der Waals surface area (Å²) in [5.74, 6) is -1.31. The van der Waals surface area contributed by atoms with E-state index < -0.39 is 17.2 Å². The van der Waals surface area contributed by atoms with E-state index in [1.54, 1.807) is 13.0 Å². The Morgan fingerprint density at radius 3 is 2.50 bits per heavy atom. The summed E-state index contributed by atoms with van der Waals surface area (Å²) >= 11 is 5.74. The van der Waals surface area contributed by atoms with Gasteiger partial charge in [-0.25, -0.2) is 4.39 Å². The molecule has 1 saturated carbocycles. The third-order valence-corrected chi connectivity index (χ3v) is 3.65. The lowest BCUT2D eigenvalue weighted by Crippen LogP contribution is -2.42. The molecule has 1 aromatic carbocycles. The average molecular weight is 243 g/mol. The Morgan fingerprint density at radius 1 is 1.50 bits per heavy atom. The highest BCUT2D eigenvalue weighted by molar-refractivity contribution is 6.30. The van der Waals surface area contributed by atoms with E-state index in [1.807, 2.05) is 0 Å². The minimum absolute atomic E-state index is 0.00234. The van der Waals surface area contributed by atoms with Crippen LogP contribution < -0.4 is 0 Å². The fraction of sp³-hybridized carbons (Fsp3) is 0.417. The summed E-state index contributed by atoms with van der Waals surface area (Å²) in [6.45, 7) is 1.60. The van der Waals surface area contributed by atoms with Crippen molar-refractivity contribution in [1.29, 1.82) is 0 Å². The van der Waals surface area contributed by atoms with Crippen LogP contribution in [0.2, 0.25) is 5.02 Å². The molecular weight excluding hydrogens is 231 g/mol. The first-order chi connectivity index (χ1) is 7.47. The number of benzene rings is 1. The number of carboxylic acid groups (broad SMARTS) is 1. The van der Waals surface area contributed by atoms with Gasteiger partial charge in [-0.2, -0.15) is 0 Å². The molecule has 0 aliphatic heterocycles. The molecule has 4 heteroatoms. The SMILES string of the molecule is Cc1cc(C2(C(=O)O)CCC2)cc(Cl)c1F. The van der Waals surface area contributed by atoms with Crippen LogP contribution >= 0.6 is 11.6 Å². The zero-order valence-electron chi connectivity index (χ0n) is 8.89. The Balaban J connectivity index is 2.52. The number of hydrogen-bond donors (Lipinski definition) is 1. The summed E-state index contributed by atoms with van der Waals surface area (Å²) in [5.41, 5.74) is 0.174. The molecule has 1 aromatic rings. The van der Waals surface area contributed by atoms with Crippen molar-refractivity contribution in [2.24, 2.45) is 0 Å². The number of aryl methyl sites for hydroxylation is 1. The van der Waals surface area contributed by atoms with Crippen LogP contribution in [-0.2, 0) is 10.2 Å². The van der Waals surface area contributed by atoms with Crippen molar-refractivity contribution in [1.82, 2.24) is 0 Å². The molecular formula is C12H12ClFO2. The number of carboxylic acids is 1. The fourth-order valence-electron chi connectivity index (χ4n) is 2.16. The van der Waals surface area contributed by atoms with Gasteiger partial charge in [-0.1, -0.05) is 24.1 Å². The van der Waals surface area contributed by atoms with E-state index in [2.05, 4.69) is 0 Å².